The number of benzene rings is 3. The van der Waals surface area contributed by atoms with Crippen LogP contribution < -0.4 is 10.5 Å². The van der Waals surface area contributed by atoms with Crippen molar-refractivity contribution < 1.29 is 23.8 Å². The Morgan fingerprint density at radius 3 is 2.47 bits per heavy atom. The highest BCUT2D eigenvalue weighted by molar-refractivity contribution is 6.20. The number of carboxylic acids is 1. The van der Waals surface area contributed by atoms with E-state index in [1.165, 1.54) is 12.1 Å². The summed E-state index contributed by atoms with van der Waals surface area (Å²) >= 11 is 0. The number of nitrogens with two attached hydrogens (primary N) is 1. The second-order valence-electron chi connectivity index (χ2n) is 8.03. The van der Waals surface area contributed by atoms with Crippen molar-refractivity contribution in [2.45, 2.75) is 26.3 Å². The van der Waals surface area contributed by atoms with E-state index in [0.717, 1.165) is 22.2 Å². The fourth-order valence-electron chi connectivity index (χ4n) is 4.02. The third kappa shape index (κ3) is 3.89. The van der Waals surface area contributed by atoms with Gasteiger partial charge in [0.15, 0.2) is 6.61 Å². The Hall–Kier alpha value is -3.87. The van der Waals surface area contributed by atoms with E-state index in [-0.39, 0.29) is 11.7 Å². The molecule has 3 N–H and O–H groups in total. The number of aromatic nitrogens is 1. The van der Waals surface area contributed by atoms with Crippen molar-refractivity contribution in [1.82, 2.24) is 4.57 Å². The Kier molecular flexibility index (Phi) is 5.57. The Bertz CT molecular complexity index is 1360. The molecular weight excluding hydrogens is 411 g/mol. The van der Waals surface area contributed by atoms with Gasteiger partial charge in [-0.3, -0.25) is 4.79 Å². The van der Waals surface area contributed by atoms with Gasteiger partial charge < -0.3 is 20.1 Å². The summed E-state index contributed by atoms with van der Waals surface area (Å²) in [5.74, 6) is -1.54. The summed E-state index contributed by atoms with van der Waals surface area (Å²) < 4.78 is 21.5. The minimum atomic E-state index is -1.10. The van der Waals surface area contributed by atoms with Crippen LogP contribution in [0.3, 0.4) is 0 Å². The standard InChI is InChI=1S/C25H23FN2O4/c1-14(2)16-10-20-24(21(11-16)32-13-22(29)30)23-18(25(27)31)7-4-8-19(23)28(20)12-15-5-3-6-17(26)9-15/h3-11,14H,12-13H2,1-2H3,(H2,27,31)(H,29,30). The lowest BCUT2D eigenvalue weighted by Crippen LogP contribution is -2.12. The van der Waals surface area contributed by atoms with Crippen LogP contribution in [0.2, 0.25) is 0 Å². The molecule has 3 aromatic carbocycles. The lowest BCUT2D eigenvalue weighted by Gasteiger charge is -2.13. The number of primary amides is 1. The number of carboxylic acid groups (broad SMARTS) is 1. The molecule has 0 spiro atoms. The first-order valence-corrected chi connectivity index (χ1v) is 10.2. The van der Waals surface area contributed by atoms with Crippen LogP contribution in [0.25, 0.3) is 21.8 Å². The summed E-state index contributed by atoms with van der Waals surface area (Å²) in [5, 5.41) is 10.4. The number of fused-ring (bicyclic) bond motifs is 3. The number of hydrogen-bond acceptors (Lipinski definition) is 3. The second kappa shape index (κ2) is 8.34. The van der Waals surface area contributed by atoms with Crippen molar-refractivity contribution in [2.75, 3.05) is 6.61 Å². The normalized spacial score (nSPS) is 11.4. The topological polar surface area (TPSA) is 94.6 Å². The van der Waals surface area contributed by atoms with Gasteiger partial charge in [-0.25, -0.2) is 9.18 Å². The van der Waals surface area contributed by atoms with E-state index in [1.807, 2.05) is 36.6 Å². The van der Waals surface area contributed by atoms with Gasteiger partial charge in [0.25, 0.3) is 0 Å². The Morgan fingerprint density at radius 2 is 1.81 bits per heavy atom. The van der Waals surface area contributed by atoms with E-state index in [4.69, 9.17) is 15.6 Å². The zero-order valence-electron chi connectivity index (χ0n) is 17.8. The number of halogens is 1. The van der Waals surface area contributed by atoms with Crippen LogP contribution in [0.1, 0.15) is 41.3 Å². The van der Waals surface area contributed by atoms with Crippen molar-refractivity contribution in [2.24, 2.45) is 5.73 Å². The molecule has 4 aromatic rings. The fourth-order valence-corrected chi connectivity index (χ4v) is 4.02. The summed E-state index contributed by atoms with van der Waals surface area (Å²) in [6.07, 6.45) is 0. The highest BCUT2D eigenvalue weighted by atomic mass is 19.1. The maximum Gasteiger partial charge on any atom is 0.341 e. The molecule has 0 fully saturated rings. The average molecular weight is 434 g/mol. The van der Waals surface area contributed by atoms with Crippen molar-refractivity contribution in [3.8, 4) is 5.75 Å². The van der Waals surface area contributed by atoms with Gasteiger partial charge in [-0.15, -0.1) is 0 Å². The summed E-state index contributed by atoms with van der Waals surface area (Å²) in [4.78, 5) is 23.5. The quantitative estimate of drug-likeness (QED) is 0.442. The molecule has 0 atom stereocenters. The molecule has 0 aliphatic rings. The lowest BCUT2D eigenvalue weighted by molar-refractivity contribution is -0.139. The molecule has 1 aromatic heterocycles. The molecule has 1 heterocycles. The number of rotatable bonds is 7. The molecule has 0 bridgehead atoms. The van der Waals surface area contributed by atoms with E-state index in [1.54, 1.807) is 24.3 Å². The molecule has 0 aliphatic heterocycles. The van der Waals surface area contributed by atoms with Crippen LogP contribution in [0.5, 0.6) is 5.75 Å². The van der Waals surface area contributed by atoms with Crippen LogP contribution in [-0.2, 0) is 11.3 Å². The van der Waals surface area contributed by atoms with E-state index < -0.39 is 18.5 Å². The number of hydrogen-bond donors (Lipinski definition) is 2. The first-order chi connectivity index (χ1) is 15.3. The minimum absolute atomic E-state index is 0.142. The zero-order chi connectivity index (χ0) is 23.0. The number of nitrogens with zero attached hydrogens (tertiary/aromatic N) is 1. The average Bonchev–Trinajstić information content (AvgIpc) is 3.05. The summed E-state index contributed by atoms with van der Waals surface area (Å²) in [6, 6.07) is 15.4. The maximum atomic E-state index is 13.9. The molecule has 32 heavy (non-hydrogen) atoms. The summed E-state index contributed by atoms with van der Waals surface area (Å²) in [5.41, 5.74) is 9.15. The third-order valence-corrected chi connectivity index (χ3v) is 5.49. The van der Waals surface area contributed by atoms with Crippen LogP contribution in [0.4, 0.5) is 4.39 Å². The fraction of sp³-hybridized carbons (Fsp3) is 0.200. The minimum Gasteiger partial charge on any atom is -0.481 e. The highest BCUT2D eigenvalue weighted by Crippen LogP contribution is 2.40. The molecular formula is C25H23FN2O4. The van der Waals surface area contributed by atoms with Gasteiger partial charge in [-0.2, -0.15) is 0 Å². The summed E-state index contributed by atoms with van der Waals surface area (Å²) in [7, 11) is 0. The highest BCUT2D eigenvalue weighted by Gasteiger charge is 2.22. The number of carbonyl (C=O) groups excluding carboxylic acids is 1. The van der Waals surface area contributed by atoms with Crippen molar-refractivity contribution in [3.63, 3.8) is 0 Å². The largest absolute Gasteiger partial charge is 0.481 e. The van der Waals surface area contributed by atoms with E-state index in [9.17, 15) is 14.0 Å². The Labute approximate surface area is 184 Å². The number of aliphatic carboxylic acids is 1. The molecule has 6 nitrogen and oxygen atoms in total. The summed E-state index contributed by atoms with van der Waals surface area (Å²) in [6.45, 7) is 3.87. The van der Waals surface area contributed by atoms with E-state index in [0.29, 0.717) is 28.6 Å². The smallest absolute Gasteiger partial charge is 0.341 e. The van der Waals surface area contributed by atoms with Crippen LogP contribution in [0.15, 0.2) is 54.6 Å². The van der Waals surface area contributed by atoms with Crippen LogP contribution in [0, 0.1) is 5.82 Å². The molecule has 1 amide bonds. The van der Waals surface area contributed by atoms with Gasteiger partial charge in [0.05, 0.1) is 16.4 Å². The van der Waals surface area contributed by atoms with Gasteiger partial charge >= 0.3 is 5.97 Å². The van der Waals surface area contributed by atoms with Crippen molar-refractivity contribution in [1.29, 1.82) is 0 Å². The zero-order valence-corrected chi connectivity index (χ0v) is 17.8. The van der Waals surface area contributed by atoms with Gasteiger partial charge in [-0.1, -0.05) is 32.0 Å². The molecule has 7 heteroatoms. The Morgan fingerprint density at radius 1 is 1.06 bits per heavy atom. The molecule has 0 saturated heterocycles. The number of carbonyl (C=O) groups is 2. The molecule has 0 aliphatic carbocycles. The van der Waals surface area contributed by atoms with E-state index >= 15 is 0 Å². The SMILES string of the molecule is CC(C)c1cc(OCC(=O)O)c2c3c(C(N)=O)cccc3n(Cc3cccc(F)c3)c2c1. The molecule has 164 valence electrons. The molecule has 0 saturated carbocycles. The molecule has 0 radical (unpaired) electrons. The molecule has 4 rings (SSSR count). The van der Waals surface area contributed by atoms with Crippen molar-refractivity contribution >= 4 is 33.7 Å². The maximum absolute atomic E-state index is 13.9. The monoisotopic (exact) mass is 434 g/mol. The van der Waals surface area contributed by atoms with Gasteiger partial charge in [0, 0.05) is 17.5 Å². The first-order valence-electron chi connectivity index (χ1n) is 10.2. The van der Waals surface area contributed by atoms with Crippen LogP contribution >= 0.6 is 0 Å². The Balaban J connectivity index is 2.09. The van der Waals surface area contributed by atoms with Gasteiger partial charge in [0.2, 0.25) is 5.91 Å². The lowest BCUT2D eigenvalue weighted by atomic mass is 9.99. The predicted molar refractivity (Wildman–Crippen MR) is 121 cm³/mol. The predicted octanol–water partition coefficient (Wildman–Crippen LogP) is 4.67. The first kappa shape index (κ1) is 21.4. The van der Waals surface area contributed by atoms with E-state index in [2.05, 4.69) is 0 Å². The number of amides is 1. The van der Waals surface area contributed by atoms with Gasteiger partial charge in [0.1, 0.15) is 11.6 Å². The van der Waals surface area contributed by atoms with Crippen molar-refractivity contribution in [3.05, 3.63) is 77.1 Å². The third-order valence-electron chi connectivity index (χ3n) is 5.49. The number of ether oxygens (including phenoxy) is 1. The van der Waals surface area contributed by atoms with Gasteiger partial charge in [-0.05, 0) is 53.4 Å². The molecule has 0 unspecified atom stereocenters. The second-order valence-corrected chi connectivity index (χ2v) is 8.03. The van der Waals surface area contributed by atoms with Crippen LogP contribution in [-0.4, -0.2) is 28.2 Å².